The van der Waals surface area contributed by atoms with Gasteiger partial charge in [0.05, 0.1) is 6.20 Å². The largest absolute Gasteiger partial charge is 0.352 e. The molecule has 2 aromatic rings. The average molecular weight is 360 g/mol. The van der Waals surface area contributed by atoms with Crippen LogP contribution in [0.2, 0.25) is 0 Å². The molecule has 2 heterocycles. The maximum atomic E-state index is 12.5. The van der Waals surface area contributed by atoms with Crippen molar-refractivity contribution >= 4 is 11.8 Å². The molecule has 0 bridgehead atoms. The standard InChI is InChI=1S/C16H24N8O2/c1-11(24-10-17-9-18-24)15(25)19-12-4-6-13(7-5-12)23(3)16(26)14-8-22(2)21-20-14/h8-13H,4-7H2,1-3H3,(H,19,25). The van der Waals surface area contributed by atoms with Crippen molar-refractivity contribution in [2.45, 2.75) is 50.7 Å². The number of nitrogens with one attached hydrogen (secondary N) is 1. The molecule has 1 aliphatic carbocycles. The molecule has 2 amide bonds. The molecule has 10 heteroatoms. The number of hydrogen-bond donors (Lipinski definition) is 1. The van der Waals surface area contributed by atoms with Gasteiger partial charge in [0.25, 0.3) is 5.91 Å². The van der Waals surface area contributed by atoms with Gasteiger partial charge in [0.1, 0.15) is 18.7 Å². The van der Waals surface area contributed by atoms with Crippen LogP contribution in [0.4, 0.5) is 0 Å². The first-order valence-electron chi connectivity index (χ1n) is 8.73. The minimum absolute atomic E-state index is 0.0667. The fraction of sp³-hybridized carbons (Fsp3) is 0.625. The van der Waals surface area contributed by atoms with E-state index >= 15 is 0 Å². The molecule has 1 aliphatic rings. The molecule has 3 rings (SSSR count). The number of rotatable bonds is 5. The van der Waals surface area contributed by atoms with Gasteiger partial charge in [0.15, 0.2) is 5.69 Å². The summed E-state index contributed by atoms with van der Waals surface area (Å²) in [7, 11) is 3.53. The lowest BCUT2D eigenvalue weighted by molar-refractivity contribution is -0.125. The van der Waals surface area contributed by atoms with Crippen LogP contribution in [-0.4, -0.2) is 65.6 Å². The van der Waals surface area contributed by atoms with Gasteiger partial charge >= 0.3 is 0 Å². The molecule has 1 N–H and O–H groups in total. The van der Waals surface area contributed by atoms with Crippen molar-refractivity contribution in [3.8, 4) is 0 Å². The molecule has 26 heavy (non-hydrogen) atoms. The summed E-state index contributed by atoms with van der Waals surface area (Å²) in [6.45, 7) is 1.79. The fourth-order valence-electron chi connectivity index (χ4n) is 3.26. The molecule has 0 spiro atoms. The third-order valence-electron chi connectivity index (χ3n) is 4.95. The first kappa shape index (κ1) is 18.0. The monoisotopic (exact) mass is 360 g/mol. The van der Waals surface area contributed by atoms with Crippen LogP contribution in [0.15, 0.2) is 18.9 Å². The number of aromatic nitrogens is 6. The van der Waals surface area contributed by atoms with Gasteiger partial charge in [-0.15, -0.1) is 5.10 Å². The van der Waals surface area contributed by atoms with Gasteiger partial charge in [-0.3, -0.25) is 14.3 Å². The van der Waals surface area contributed by atoms with Gasteiger partial charge < -0.3 is 10.2 Å². The Bertz CT molecular complexity index is 748. The molecule has 2 aromatic heterocycles. The Balaban J connectivity index is 1.49. The Kier molecular flexibility index (Phi) is 5.29. The van der Waals surface area contributed by atoms with Crippen LogP contribution >= 0.6 is 0 Å². The minimum atomic E-state index is -0.392. The first-order chi connectivity index (χ1) is 12.5. The molecule has 1 unspecified atom stereocenters. The Morgan fingerprint density at radius 3 is 2.62 bits per heavy atom. The van der Waals surface area contributed by atoms with Gasteiger partial charge in [0, 0.05) is 26.2 Å². The summed E-state index contributed by atoms with van der Waals surface area (Å²) in [5.74, 6) is -0.187. The van der Waals surface area contributed by atoms with E-state index in [1.807, 2.05) is 0 Å². The number of amides is 2. The van der Waals surface area contributed by atoms with Gasteiger partial charge in [-0.25, -0.2) is 9.67 Å². The highest BCUT2D eigenvalue weighted by atomic mass is 16.2. The lowest BCUT2D eigenvalue weighted by Crippen LogP contribution is -2.46. The molecule has 1 fully saturated rings. The van der Waals surface area contributed by atoms with Crippen LogP contribution in [0.25, 0.3) is 0 Å². The second-order valence-electron chi connectivity index (χ2n) is 6.76. The normalized spacial score (nSPS) is 21.2. The van der Waals surface area contributed by atoms with E-state index in [1.54, 1.807) is 32.1 Å². The molecule has 0 aliphatic heterocycles. The van der Waals surface area contributed by atoms with E-state index in [9.17, 15) is 9.59 Å². The highest BCUT2D eigenvalue weighted by Gasteiger charge is 2.29. The fourth-order valence-corrected chi connectivity index (χ4v) is 3.26. The Labute approximate surface area is 151 Å². The Morgan fingerprint density at radius 2 is 2.04 bits per heavy atom. The van der Waals surface area contributed by atoms with Gasteiger partial charge in [-0.05, 0) is 32.6 Å². The summed E-state index contributed by atoms with van der Waals surface area (Å²) < 4.78 is 3.05. The summed E-state index contributed by atoms with van der Waals surface area (Å²) in [6, 6.07) is -0.133. The van der Waals surface area contributed by atoms with Crippen LogP contribution in [-0.2, 0) is 11.8 Å². The van der Waals surface area contributed by atoms with Crippen LogP contribution in [0, 0.1) is 0 Å². The van der Waals surface area contributed by atoms with E-state index in [4.69, 9.17) is 0 Å². The summed E-state index contributed by atoms with van der Waals surface area (Å²) in [6.07, 6.45) is 7.91. The number of hydrogen-bond acceptors (Lipinski definition) is 6. The lowest BCUT2D eigenvalue weighted by Gasteiger charge is -2.35. The highest BCUT2D eigenvalue weighted by molar-refractivity contribution is 5.92. The summed E-state index contributed by atoms with van der Waals surface area (Å²) in [4.78, 5) is 30.4. The zero-order chi connectivity index (χ0) is 18.7. The minimum Gasteiger partial charge on any atom is -0.352 e. The average Bonchev–Trinajstić information content (AvgIpc) is 3.32. The van der Waals surface area contributed by atoms with Crippen LogP contribution < -0.4 is 5.32 Å². The zero-order valence-electron chi connectivity index (χ0n) is 15.2. The Hall–Kier alpha value is -2.78. The SMILES string of the molecule is CC(C(=O)NC1CCC(N(C)C(=O)c2cn(C)nn2)CC1)n1cncn1. The second kappa shape index (κ2) is 7.63. The van der Waals surface area contributed by atoms with Crippen molar-refractivity contribution in [2.24, 2.45) is 7.05 Å². The zero-order valence-corrected chi connectivity index (χ0v) is 15.2. The van der Waals surface area contributed by atoms with Crippen molar-refractivity contribution in [1.29, 1.82) is 0 Å². The Morgan fingerprint density at radius 1 is 1.31 bits per heavy atom. The van der Waals surface area contributed by atoms with Crippen molar-refractivity contribution in [3.05, 3.63) is 24.5 Å². The molecule has 0 saturated heterocycles. The lowest BCUT2D eigenvalue weighted by atomic mass is 9.90. The molecule has 140 valence electrons. The van der Waals surface area contributed by atoms with E-state index in [0.717, 1.165) is 25.7 Å². The highest BCUT2D eigenvalue weighted by Crippen LogP contribution is 2.23. The van der Waals surface area contributed by atoms with Crippen LogP contribution in [0.5, 0.6) is 0 Å². The van der Waals surface area contributed by atoms with Gasteiger partial charge in [-0.1, -0.05) is 5.21 Å². The quantitative estimate of drug-likeness (QED) is 0.813. The predicted octanol–water partition coefficient (Wildman–Crippen LogP) is 0.167. The predicted molar refractivity (Wildman–Crippen MR) is 92.0 cm³/mol. The summed E-state index contributed by atoms with van der Waals surface area (Å²) >= 11 is 0. The van der Waals surface area contributed by atoms with E-state index in [-0.39, 0.29) is 23.9 Å². The number of nitrogens with zero attached hydrogens (tertiary/aromatic N) is 7. The maximum Gasteiger partial charge on any atom is 0.276 e. The van der Waals surface area contributed by atoms with Crippen molar-refractivity contribution in [1.82, 2.24) is 40.0 Å². The summed E-state index contributed by atoms with van der Waals surface area (Å²) in [5.41, 5.74) is 0.354. The topological polar surface area (TPSA) is 111 Å². The smallest absolute Gasteiger partial charge is 0.276 e. The molecular formula is C16H24N8O2. The van der Waals surface area contributed by atoms with E-state index in [0.29, 0.717) is 5.69 Å². The molecule has 0 aromatic carbocycles. The second-order valence-corrected chi connectivity index (χ2v) is 6.76. The summed E-state index contributed by atoms with van der Waals surface area (Å²) in [5, 5.41) is 14.8. The van der Waals surface area contributed by atoms with Crippen molar-refractivity contribution in [2.75, 3.05) is 7.05 Å². The van der Waals surface area contributed by atoms with Crippen LogP contribution in [0.1, 0.15) is 49.1 Å². The number of carbonyl (C=O) groups is 2. The van der Waals surface area contributed by atoms with E-state index < -0.39 is 6.04 Å². The van der Waals surface area contributed by atoms with E-state index in [2.05, 4.69) is 25.7 Å². The van der Waals surface area contributed by atoms with Crippen LogP contribution in [0.3, 0.4) is 0 Å². The first-order valence-corrected chi connectivity index (χ1v) is 8.73. The molecular weight excluding hydrogens is 336 g/mol. The third kappa shape index (κ3) is 3.89. The number of carbonyl (C=O) groups excluding carboxylic acids is 2. The third-order valence-corrected chi connectivity index (χ3v) is 4.95. The van der Waals surface area contributed by atoms with E-state index in [1.165, 1.54) is 22.0 Å². The number of aryl methyl sites for hydroxylation is 1. The van der Waals surface area contributed by atoms with Crippen molar-refractivity contribution in [3.63, 3.8) is 0 Å². The van der Waals surface area contributed by atoms with Crippen molar-refractivity contribution < 1.29 is 9.59 Å². The molecule has 0 radical (unpaired) electrons. The van der Waals surface area contributed by atoms with Gasteiger partial charge in [-0.2, -0.15) is 5.10 Å². The molecule has 1 atom stereocenters. The molecule has 10 nitrogen and oxygen atoms in total. The van der Waals surface area contributed by atoms with Gasteiger partial charge in [0.2, 0.25) is 5.91 Å². The maximum absolute atomic E-state index is 12.5. The molecule has 1 saturated carbocycles.